The molecule has 0 unspecified atom stereocenters. The van der Waals surface area contributed by atoms with Gasteiger partial charge in [0, 0.05) is 16.8 Å². The average Bonchev–Trinajstić information content (AvgIpc) is 2.67. The van der Waals surface area contributed by atoms with Crippen molar-refractivity contribution in [3.05, 3.63) is 47.6 Å². The molecular weight excluding hydrogens is 222 g/mol. The van der Waals surface area contributed by atoms with E-state index in [1.54, 1.807) is 0 Å². The zero-order valence-electron chi connectivity index (χ0n) is 10.6. The van der Waals surface area contributed by atoms with E-state index in [2.05, 4.69) is 36.5 Å². The molecule has 0 bridgehead atoms. The Morgan fingerprint density at radius 2 is 2.22 bits per heavy atom. The summed E-state index contributed by atoms with van der Waals surface area (Å²) in [6.45, 7) is 2.06. The van der Waals surface area contributed by atoms with E-state index in [4.69, 9.17) is 0 Å². The van der Waals surface area contributed by atoms with Gasteiger partial charge in [-0.15, -0.1) is 0 Å². The van der Waals surface area contributed by atoms with E-state index in [0.717, 1.165) is 36.1 Å². The van der Waals surface area contributed by atoms with Gasteiger partial charge in [0.2, 0.25) is 0 Å². The molecule has 0 saturated carbocycles. The first kappa shape index (κ1) is 11.3. The smallest absolute Gasteiger partial charge is 0.256 e. The molecule has 1 heterocycles. The predicted octanol–water partition coefficient (Wildman–Crippen LogP) is 3.69. The van der Waals surface area contributed by atoms with Crippen molar-refractivity contribution >= 4 is 17.2 Å². The second-order valence-electron chi connectivity index (χ2n) is 5.13. The first-order valence-electron chi connectivity index (χ1n) is 6.53. The molecule has 0 spiro atoms. The van der Waals surface area contributed by atoms with Crippen LogP contribution in [0.1, 0.15) is 30.4 Å². The Balaban J connectivity index is 1.97. The van der Waals surface area contributed by atoms with Crippen molar-refractivity contribution in [3.63, 3.8) is 0 Å². The third kappa shape index (κ3) is 1.99. The molecule has 1 amide bonds. The number of hydrogen-bond acceptors (Lipinski definition) is 1. The summed E-state index contributed by atoms with van der Waals surface area (Å²) in [5.41, 5.74) is 4.06. The molecule has 1 N–H and O–H groups in total. The minimum absolute atomic E-state index is 0.0464. The summed E-state index contributed by atoms with van der Waals surface area (Å²) in [6, 6.07) is 6.12. The van der Waals surface area contributed by atoms with E-state index < -0.39 is 0 Å². The highest BCUT2D eigenvalue weighted by Crippen LogP contribution is 2.34. The molecule has 0 radical (unpaired) electrons. The lowest BCUT2D eigenvalue weighted by Crippen LogP contribution is -2.06. The molecule has 0 fully saturated rings. The van der Waals surface area contributed by atoms with E-state index in [1.165, 1.54) is 5.56 Å². The summed E-state index contributed by atoms with van der Waals surface area (Å²) in [6.07, 6.45) is 9.92. The van der Waals surface area contributed by atoms with Gasteiger partial charge >= 0.3 is 0 Å². The van der Waals surface area contributed by atoms with Crippen LogP contribution < -0.4 is 5.32 Å². The summed E-state index contributed by atoms with van der Waals surface area (Å²) in [5, 5.41) is 2.94. The van der Waals surface area contributed by atoms with Gasteiger partial charge < -0.3 is 5.32 Å². The first-order valence-corrected chi connectivity index (χ1v) is 6.53. The Morgan fingerprint density at radius 3 is 3.00 bits per heavy atom. The van der Waals surface area contributed by atoms with E-state index in [1.807, 2.05) is 12.1 Å². The quantitative estimate of drug-likeness (QED) is 0.587. The number of carbonyl (C=O) groups excluding carboxylic acids is 1. The number of amides is 1. The lowest BCUT2D eigenvalue weighted by molar-refractivity contribution is -0.110. The molecule has 1 aromatic rings. The fraction of sp³-hybridized carbons (Fsp3) is 0.312. The highest BCUT2D eigenvalue weighted by Gasteiger charge is 2.25. The van der Waals surface area contributed by atoms with Crippen molar-refractivity contribution < 1.29 is 4.79 Å². The summed E-state index contributed by atoms with van der Waals surface area (Å²) >= 11 is 0. The Kier molecular flexibility index (Phi) is 2.78. The fourth-order valence-electron chi connectivity index (χ4n) is 2.67. The van der Waals surface area contributed by atoms with E-state index in [9.17, 15) is 4.79 Å². The van der Waals surface area contributed by atoms with Crippen LogP contribution in [0.2, 0.25) is 0 Å². The van der Waals surface area contributed by atoms with Gasteiger partial charge in [-0.2, -0.15) is 0 Å². The van der Waals surface area contributed by atoms with Crippen molar-refractivity contribution in [3.8, 4) is 0 Å². The standard InChI is InChI=1S/C16H17NO/c1-11-7-8-15-13(9-11)14(16(18)17-15)10-12-5-3-2-4-6-12/h2-3,7-10,12H,4-6H2,1H3,(H,17,18)/b14-10-/t12-/m1/s1. The van der Waals surface area contributed by atoms with E-state index in [-0.39, 0.29) is 5.91 Å². The van der Waals surface area contributed by atoms with Crippen molar-refractivity contribution in [1.29, 1.82) is 0 Å². The Bertz CT molecular complexity index is 554. The minimum Gasteiger partial charge on any atom is -0.321 e. The molecule has 2 heteroatoms. The molecule has 92 valence electrons. The normalized spacial score (nSPS) is 24.2. The van der Waals surface area contributed by atoms with Gasteiger partial charge in [0.15, 0.2) is 0 Å². The van der Waals surface area contributed by atoms with Crippen molar-refractivity contribution in [2.24, 2.45) is 5.92 Å². The molecular formula is C16H17NO. The number of fused-ring (bicyclic) bond motifs is 1. The predicted molar refractivity (Wildman–Crippen MR) is 74.3 cm³/mol. The van der Waals surface area contributed by atoms with Crippen LogP contribution >= 0.6 is 0 Å². The van der Waals surface area contributed by atoms with Gasteiger partial charge in [-0.1, -0.05) is 29.9 Å². The van der Waals surface area contributed by atoms with Gasteiger partial charge in [0.05, 0.1) is 0 Å². The monoisotopic (exact) mass is 239 g/mol. The summed E-state index contributed by atoms with van der Waals surface area (Å²) in [7, 11) is 0. The van der Waals surface area contributed by atoms with Gasteiger partial charge in [0.1, 0.15) is 0 Å². The van der Waals surface area contributed by atoms with Crippen LogP contribution in [0.4, 0.5) is 5.69 Å². The summed E-state index contributed by atoms with van der Waals surface area (Å²) < 4.78 is 0. The Hall–Kier alpha value is -1.83. The maximum absolute atomic E-state index is 12.0. The van der Waals surface area contributed by atoms with Crippen LogP contribution in [0.25, 0.3) is 5.57 Å². The zero-order chi connectivity index (χ0) is 12.5. The van der Waals surface area contributed by atoms with Crippen molar-refractivity contribution in [1.82, 2.24) is 0 Å². The minimum atomic E-state index is 0.0464. The Morgan fingerprint density at radius 1 is 1.33 bits per heavy atom. The molecule has 2 aliphatic rings. The maximum Gasteiger partial charge on any atom is 0.256 e. The third-order valence-electron chi connectivity index (χ3n) is 3.67. The number of hydrogen-bond donors (Lipinski definition) is 1. The Labute approximate surface area is 107 Å². The second kappa shape index (κ2) is 4.45. The molecule has 0 aromatic heterocycles. The number of carbonyl (C=O) groups is 1. The number of nitrogens with one attached hydrogen (secondary N) is 1. The lowest BCUT2D eigenvalue weighted by atomic mass is 9.91. The van der Waals surface area contributed by atoms with Crippen molar-refractivity contribution in [2.45, 2.75) is 26.2 Å². The van der Waals surface area contributed by atoms with Gasteiger partial charge in [0.25, 0.3) is 5.91 Å². The zero-order valence-corrected chi connectivity index (χ0v) is 10.6. The molecule has 18 heavy (non-hydrogen) atoms. The largest absolute Gasteiger partial charge is 0.321 e. The fourth-order valence-corrected chi connectivity index (χ4v) is 2.67. The molecule has 2 nitrogen and oxygen atoms in total. The number of allylic oxidation sites excluding steroid dienone is 3. The van der Waals surface area contributed by atoms with Crippen LogP contribution in [-0.2, 0) is 4.79 Å². The van der Waals surface area contributed by atoms with E-state index >= 15 is 0 Å². The number of benzene rings is 1. The third-order valence-corrected chi connectivity index (χ3v) is 3.67. The molecule has 1 aliphatic heterocycles. The van der Waals surface area contributed by atoms with E-state index in [0.29, 0.717) is 5.92 Å². The molecule has 1 atom stereocenters. The first-order chi connectivity index (χ1) is 8.74. The molecule has 0 saturated heterocycles. The van der Waals surface area contributed by atoms with Crippen LogP contribution in [0.5, 0.6) is 0 Å². The average molecular weight is 239 g/mol. The SMILES string of the molecule is Cc1ccc2c(c1)/C(=C/[C@@H]1CC=CCC1)C(=O)N2. The molecule has 1 aliphatic carbocycles. The molecule has 1 aromatic carbocycles. The van der Waals surface area contributed by atoms with Gasteiger partial charge in [-0.05, 0) is 44.2 Å². The van der Waals surface area contributed by atoms with Gasteiger partial charge in [-0.25, -0.2) is 0 Å². The number of anilines is 1. The van der Waals surface area contributed by atoms with Crippen molar-refractivity contribution in [2.75, 3.05) is 5.32 Å². The van der Waals surface area contributed by atoms with Crippen LogP contribution in [-0.4, -0.2) is 5.91 Å². The summed E-state index contributed by atoms with van der Waals surface area (Å²) in [4.78, 5) is 12.0. The maximum atomic E-state index is 12.0. The van der Waals surface area contributed by atoms with Crippen LogP contribution in [0, 0.1) is 12.8 Å². The molecule has 3 rings (SSSR count). The number of rotatable bonds is 1. The van der Waals surface area contributed by atoms with Gasteiger partial charge in [-0.3, -0.25) is 4.79 Å². The topological polar surface area (TPSA) is 29.1 Å². The highest BCUT2D eigenvalue weighted by molar-refractivity contribution is 6.31. The highest BCUT2D eigenvalue weighted by atomic mass is 16.2. The second-order valence-corrected chi connectivity index (χ2v) is 5.13. The van der Waals surface area contributed by atoms with Crippen LogP contribution in [0.3, 0.4) is 0 Å². The van der Waals surface area contributed by atoms with Crippen LogP contribution in [0.15, 0.2) is 36.4 Å². The number of aryl methyl sites for hydroxylation is 1. The lowest BCUT2D eigenvalue weighted by Gasteiger charge is -2.14. The summed E-state index contributed by atoms with van der Waals surface area (Å²) in [5.74, 6) is 0.548.